The Bertz CT molecular complexity index is 809. The highest BCUT2D eigenvalue weighted by Crippen LogP contribution is 2.31. The van der Waals surface area contributed by atoms with Gasteiger partial charge in [-0.3, -0.25) is 9.59 Å². The third-order valence-corrected chi connectivity index (χ3v) is 5.36. The number of carbonyl (C=O) groups is 2. The molecule has 4 rings (SSSR count). The molecule has 2 atom stereocenters. The number of nitrogens with zero attached hydrogens (tertiary/aromatic N) is 4. The van der Waals surface area contributed by atoms with E-state index in [1.807, 2.05) is 9.80 Å². The van der Waals surface area contributed by atoms with Gasteiger partial charge >= 0.3 is 0 Å². The van der Waals surface area contributed by atoms with E-state index in [2.05, 4.69) is 15.4 Å². The maximum atomic E-state index is 12.9. The van der Waals surface area contributed by atoms with E-state index in [1.54, 1.807) is 18.2 Å². The molecule has 0 aliphatic carbocycles. The molecule has 0 spiro atoms. The first-order chi connectivity index (χ1) is 12.2. The molecule has 26 heavy (non-hydrogen) atoms. The number of halogens is 1. The Balaban J connectivity index is 0.00000196. The number of rotatable bonds is 3. The van der Waals surface area contributed by atoms with E-state index in [9.17, 15) is 9.59 Å². The standard InChI is InChI=1S/C17H22N6O2.ClH/c18-6-8-23-15-5-7-22(10-12(15)2-4-16(23)24)17(25)11-1-3-13-14(9-11)20-21-19-13;/h1,3,9,12,15H,2,4-8,10,18H2,(H,19,20,21);1H/t12-,15+;/m0./s1. The van der Waals surface area contributed by atoms with Gasteiger partial charge < -0.3 is 15.5 Å². The van der Waals surface area contributed by atoms with Gasteiger partial charge in [0.05, 0.1) is 0 Å². The van der Waals surface area contributed by atoms with Crippen LogP contribution in [0.15, 0.2) is 18.2 Å². The number of carbonyl (C=O) groups excluding carboxylic acids is 2. The number of piperidine rings is 2. The Morgan fingerprint density at radius 1 is 1.27 bits per heavy atom. The van der Waals surface area contributed by atoms with Crippen LogP contribution in [0.1, 0.15) is 29.6 Å². The van der Waals surface area contributed by atoms with Gasteiger partial charge in [0.1, 0.15) is 11.0 Å². The molecule has 0 saturated carbocycles. The Hall–Kier alpha value is -2.19. The molecule has 2 fully saturated rings. The van der Waals surface area contributed by atoms with Gasteiger partial charge in [-0.2, -0.15) is 15.4 Å². The molecule has 3 N–H and O–H groups in total. The molecule has 2 aliphatic heterocycles. The van der Waals surface area contributed by atoms with E-state index in [-0.39, 0.29) is 30.3 Å². The number of amides is 2. The number of hydrogen-bond acceptors (Lipinski definition) is 5. The molecule has 1 aromatic carbocycles. The van der Waals surface area contributed by atoms with Crippen LogP contribution < -0.4 is 5.73 Å². The lowest BCUT2D eigenvalue weighted by Gasteiger charge is -2.47. The predicted molar refractivity (Wildman–Crippen MR) is 98.9 cm³/mol. The molecule has 9 heteroatoms. The second-order valence-corrected chi connectivity index (χ2v) is 6.81. The number of benzene rings is 1. The summed E-state index contributed by atoms with van der Waals surface area (Å²) in [7, 11) is 0. The first kappa shape index (κ1) is 18.6. The fourth-order valence-corrected chi connectivity index (χ4v) is 4.12. The molecule has 3 heterocycles. The van der Waals surface area contributed by atoms with Crippen molar-refractivity contribution >= 4 is 35.3 Å². The van der Waals surface area contributed by atoms with Gasteiger partial charge in [-0.05, 0) is 37.0 Å². The summed E-state index contributed by atoms with van der Waals surface area (Å²) in [6.45, 7) is 2.44. The van der Waals surface area contributed by atoms with Gasteiger partial charge in [0.2, 0.25) is 5.91 Å². The summed E-state index contributed by atoms with van der Waals surface area (Å²) < 4.78 is 0. The molecule has 140 valence electrons. The lowest BCUT2D eigenvalue weighted by molar-refractivity contribution is -0.140. The van der Waals surface area contributed by atoms with Crippen LogP contribution in [0.5, 0.6) is 0 Å². The summed E-state index contributed by atoms with van der Waals surface area (Å²) in [5.74, 6) is 0.548. The number of hydrogen-bond donors (Lipinski definition) is 2. The van der Waals surface area contributed by atoms with Gasteiger partial charge in [-0.1, -0.05) is 0 Å². The minimum atomic E-state index is 0. The smallest absolute Gasteiger partial charge is 0.253 e. The van der Waals surface area contributed by atoms with E-state index < -0.39 is 0 Å². The minimum absolute atomic E-state index is 0. The third kappa shape index (κ3) is 3.26. The predicted octanol–water partition coefficient (Wildman–Crippen LogP) is 0.791. The Morgan fingerprint density at radius 2 is 2.08 bits per heavy atom. The van der Waals surface area contributed by atoms with E-state index in [0.29, 0.717) is 49.6 Å². The summed E-state index contributed by atoms with van der Waals surface area (Å²) in [5.41, 5.74) is 7.73. The molecule has 2 amide bonds. The van der Waals surface area contributed by atoms with Gasteiger partial charge in [0, 0.05) is 44.2 Å². The third-order valence-electron chi connectivity index (χ3n) is 5.36. The highest BCUT2D eigenvalue weighted by Gasteiger charge is 2.40. The van der Waals surface area contributed by atoms with E-state index in [0.717, 1.165) is 18.4 Å². The van der Waals surface area contributed by atoms with E-state index >= 15 is 0 Å². The fraction of sp³-hybridized carbons (Fsp3) is 0.529. The molecule has 2 aromatic rings. The van der Waals surface area contributed by atoms with E-state index in [4.69, 9.17) is 5.73 Å². The minimum Gasteiger partial charge on any atom is -0.338 e. The average Bonchev–Trinajstić information content (AvgIpc) is 3.11. The highest BCUT2D eigenvalue weighted by molar-refractivity contribution is 5.97. The normalized spacial score (nSPS) is 22.9. The number of fused-ring (bicyclic) bond motifs is 2. The SMILES string of the molecule is Cl.NCCN1C(=O)CC[C@H]2CN(C(=O)c3ccc4n[nH]nc4c3)CC[C@H]21. The van der Waals surface area contributed by atoms with Crippen molar-refractivity contribution in [3.8, 4) is 0 Å². The van der Waals surface area contributed by atoms with Crippen LogP contribution in [0.25, 0.3) is 11.0 Å². The molecule has 0 radical (unpaired) electrons. The van der Waals surface area contributed by atoms with Crippen LogP contribution in [0.2, 0.25) is 0 Å². The summed E-state index contributed by atoms with van der Waals surface area (Å²) in [6, 6.07) is 5.59. The Kier molecular flexibility index (Phi) is 5.43. The fourth-order valence-electron chi connectivity index (χ4n) is 4.12. The number of aromatic amines is 1. The molecule has 2 aliphatic rings. The van der Waals surface area contributed by atoms with Crippen LogP contribution >= 0.6 is 12.4 Å². The maximum absolute atomic E-state index is 12.9. The molecule has 2 saturated heterocycles. The topological polar surface area (TPSA) is 108 Å². The van der Waals surface area contributed by atoms with Crippen molar-refractivity contribution in [1.29, 1.82) is 0 Å². The zero-order valence-electron chi connectivity index (χ0n) is 14.4. The molecular weight excluding hydrogens is 356 g/mol. The Morgan fingerprint density at radius 3 is 2.88 bits per heavy atom. The maximum Gasteiger partial charge on any atom is 0.253 e. The van der Waals surface area contributed by atoms with Gasteiger partial charge in [-0.25, -0.2) is 0 Å². The number of nitrogens with one attached hydrogen (secondary N) is 1. The monoisotopic (exact) mass is 378 g/mol. The van der Waals surface area contributed by atoms with Crippen LogP contribution in [0.3, 0.4) is 0 Å². The second-order valence-electron chi connectivity index (χ2n) is 6.81. The second kappa shape index (κ2) is 7.59. The van der Waals surface area contributed by atoms with Crippen molar-refractivity contribution in [2.24, 2.45) is 11.7 Å². The van der Waals surface area contributed by atoms with Gasteiger partial charge in [0.25, 0.3) is 5.91 Å². The van der Waals surface area contributed by atoms with Crippen molar-refractivity contribution in [3.63, 3.8) is 0 Å². The molecule has 0 bridgehead atoms. The van der Waals surface area contributed by atoms with Crippen molar-refractivity contribution in [1.82, 2.24) is 25.2 Å². The largest absolute Gasteiger partial charge is 0.338 e. The van der Waals surface area contributed by atoms with Crippen molar-refractivity contribution in [2.75, 3.05) is 26.2 Å². The Labute approximate surface area is 157 Å². The lowest BCUT2D eigenvalue weighted by Crippen LogP contribution is -2.57. The number of nitrogens with two attached hydrogens (primary N) is 1. The number of H-pyrrole nitrogens is 1. The molecule has 0 unspecified atom stereocenters. The van der Waals surface area contributed by atoms with E-state index in [1.165, 1.54) is 0 Å². The van der Waals surface area contributed by atoms with Crippen LogP contribution in [0.4, 0.5) is 0 Å². The first-order valence-corrected chi connectivity index (χ1v) is 8.76. The average molecular weight is 379 g/mol. The van der Waals surface area contributed by atoms with Crippen molar-refractivity contribution in [3.05, 3.63) is 23.8 Å². The molecule has 1 aromatic heterocycles. The lowest BCUT2D eigenvalue weighted by atomic mass is 9.83. The molecular formula is C17H23ClN6O2. The van der Waals surface area contributed by atoms with Gasteiger partial charge in [0.15, 0.2) is 0 Å². The summed E-state index contributed by atoms with van der Waals surface area (Å²) in [5, 5.41) is 10.6. The summed E-state index contributed by atoms with van der Waals surface area (Å²) in [4.78, 5) is 28.9. The zero-order chi connectivity index (χ0) is 17.4. The van der Waals surface area contributed by atoms with Gasteiger partial charge in [-0.15, -0.1) is 12.4 Å². The highest BCUT2D eigenvalue weighted by atomic mass is 35.5. The van der Waals surface area contributed by atoms with Crippen molar-refractivity contribution in [2.45, 2.75) is 25.3 Å². The van der Waals surface area contributed by atoms with Crippen LogP contribution in [-0.2, 0) is 4.79 Å². The summed E-state index contributed by atoms with van der Waals surface area (Å²) >= 11 is 0. The number of likely N-dealkylation sites (tertiary alicyclic amines) is 2. The van der Waals surface area contributed by atoms with Crippen LogP contribution in [0, 0.1) is 5.92 Å². The first-order valence-electron chi connectivity index (χ1n) is 8.76. The summed E-state index contributed by atoms with van der Waals surface area (Å²) in [6.07, 6.45) is 2.21. The quantitative estimate of drug-likeness (QED) is 0.820. The van der Waals surface area contributed by atoms with Crippen molar-refractivity contribution < 1.29 is 9.59 Å². The molecule has 8 nitrogen and oxygen atoms in total. The zero-order valence-corrected chi connectivity index (χ0v) is 15.2. The van der Waals surface area contributed by atoms with Crippen LogP contribution in [-0.4, -0.2) is 69.2 Å². The number of aromatic nitrogens is 3.